The number of likely N-dealkylation sites (tertiary alicyclic amines) is 1. The van der Waals surface area contributed by atoms with Crippen LogP contribution in [0.3, 0.4) is 0 Å². The summed E-state index contributed by atoms with van der Waals surface area (Å²) in [4.78, 5) is 37.1. The van der Waals surface area contributed by atoms with Gasteiger partial charge < -0.3 is 21.5 Å². The standard InChI is InChI=1S/C18H30N4O4/c1-3-5-16(24)21-13-6-4-7-22(10-13)15-9-12(18(25)26)8-14(19)17(15)20-11(2)23/h9,13-15,17H,3-8,10,19H2,1-2H3,(H,20,23)(H,21,24)(H,25,26)/t13-,14-,15+,17+/m0/s1. The van der Waals surface area contributed by atoms with Crippen molar-refractivity contribution >= 4 is 17.8 Å². The molecule has 0 radical (unpaired) electrons. The highest BCUT2D eigenvalue weighted by molar-refractivity contribution is 5.87. The smallest absolute Gasteiger partial charge is 0.331 e. The molecule has 0 aromatic heterocycles. The minimum Gasteiger partial charge on any atom is -0.478 e. The van der Waals surface area contributed by atoms with Gasteiger partial charge in [-0.2, -0.15) is 0 Å². The maximum Gasteiger partial charge on any atom is 0.331 e. The lowest BCUT2D eigenvalue weighted by Gasteiger charge is -2.44. The van der Waals surface area contributed by atoms with Crippen LogP contribution < -0.4 is 16.4 Å². The third-order valence-corrected chi connectivity index (χ3v) is 5.02. The van der Waals surface area contributed by atoms with E-state index in [1.54, 1.807) is 6.08 Å². The molecule has 146 valence electrons. The van der Waals surface area contributed by atoms with E-state index in [4.69, 9.17) is 5.73 Å². The minimum atomic E-state index is -0.975. The Morgan fingerprint density at radius 1 is 1.35 bits per heavy atom. The van der Waals surface area contributed by atoms with Crippen LogP contribution in [-0.2, 0) is 14.4 Å². The number of nitrogens with one attached hydrogen (secondary N) is 2. The van der Waals surface area contributed by atoms with E-state index in [0.717, 1.165) is 25.8 Å². The molecule has 0 saturated carbocycles. The number of aliphatic carboxylic acids is 1. The molecule has 0 spiro atoms. The lowest BCUT2D eigenvalue weighted by molar-refractivity contribution is -0.133. The Morgan fingerprint density at radius 3 is 2.69 bits per heavy atom. The molecule has 26 heavy (non-hydrogen) atoms. The van der Waals surface area contributed by atoms with Crippen molar-refractivity contribution in [2.24, 2.45) is 5.73 Å². The average molecular weight is 366 g/mol. The Hall–Kier alpha value is -1.93. The number of carbonyl (C=O) groups is 3. The van der Waals surface area contributed by atoms with Gasteiger partial charge in [-0.3, -0.25) is 14.5 Å². The van der Waals surface area contributed by atoms with Crippen LogP contribution in [0.4, 0.5) is 0 Å². The van der Waals surface area contributed by atoms with Crippen molar-refractivity contribution in [2.75, 3.05) is 13.1 Å². The summed E-state index contributed by atoms with van der Waals surface area (Å²) in [6, 6.07) is -1.07. The van der Waals surface area contributed by atoms with Crippen molar-refractivity contribution in [1.29, 1.82) is 0 Å². The second kappa shape index (κ2) is 9.14. The van der Waals surface area contributed by atoms with Gasteiger partial charge in [-0.05, 0) is 32.2 Å². The number of nitrogens with two attached hydrogens (primary N) is 1. The van der Waals surface area contributed by atoms with E-state index in [2.05, 4.69) is 15.5 Å². The van der Waals surface area contributed by atoms with Gasteiger partial charge in [0.1, 0.15) is 0 Å². The number of hydrogen-bond acceptors (Lipinski definition) is 5. The van der Waals surface area contributed by atoms with Crippen LogP contribution in [0.1, 0.15) is 46.0 Å². The molecular weight excluding hydrogens is 336 g/mol. The van der Waals surface area contributed by atoms with Crippen molar-refractivity contribution in [3.63, 3.8) is 0 Å². The van der Waals surface area contributed by atoms with Crippen LogP contribution in [0.25, 0.3) is 0 Å². The molecule has 2 aliphatic rings. The largest absolute Gasteiger partial charge is 0.478 e. The van der Waals surface area contributed by atoms with E-state index in [1.807, 2.05) is 6.92 Å². The minimum absolute atomic E-state index is 0.0283. The first-order valence-electron chi connectivity index (χ1n) is 9.31. The summed E-state index contributed by atoms with van der Waals surface area (Å²) in [5, 5.41) is 15.3. The summed E-state index contributed by atoms with van der Waals surface area (Å²) in [6.07, 6.45) is 5.03. The summed E-state index contributed by atoms with van der Waals surface area (Å²) in [7, 11) is 0. The monoisotopic (exact) mass is 366 g/mol. The van der Waals surface area contributed by atoms with Crippen LogP contribution in [0.2, 0.25) is 0 Å². The number of carboxylic acids is 1. The molecule has 1 saturated heterocycles. The quantitative estimate of drug-likeness (QED) is 0.524. The highest BCUT2D eigenvalue weighted by atomic mass is 16.4. The topological polar surface area (TPSA) is 125 Å². The summed E-state index contributed by atoms with van der Waals surface area (Å²) in [5.41, 5.74) is 6.47. The molecule has 1 aliphatic heterocycles. The molecule has 0 unspecified atom stereocenters. The van der Waals surface area contributed by atoms with Gasteiger partial charge in [0.2, 0.25) is 11.8 Å². The number of piperidine rings is 1. The fourth-order valence-corrected chi connectivity index (χ4v) is 3.85. The van der Waals surface area contributed by atoms with E-state index in [1.165, 1.54) is 6.92 Å². The molecular formula is C18H30N4O4. The number of rotatable bonds is 6. The van der Waals surface area contributed by atoms with Gasteiger partial charge in [0.25, 0.3) is 0 Å². The van der Waals surface area contributed by atoms with Gasteiger partial charge in [0.15, 0.2) is 0 Å². The first-order chi connectivity index (χ1) is 12.3. The zero-order chi connectivity index (χ0) is 19.3. The summed E-state index contributed by atoms with van der Waals surface area (Å²) in [6.45, 7) is 4.79. The van der Waals surface area contributed by atoms with Gasteiger partial charge in [-0.1, -0.05) is 13.0 Å². The van der Waals surface area contributed by atoms with Crippen molar-refractivity contribution in [1.82, 2.24) is 15.5 Å². The second-order valence-electron chi connectivity index (χ2n) is 7.23. The van der Waals surface area contributed by atoms with Gasteiger partial charge in [-0.15, -0.1) is 0 Å². The molecule has 2 rings (SSSR count). The first-order valence-corrected chi connectivity index (χ1v) is 9.31. The molecule has 1 fully saturated rings. The highest BCUT2D eigenvalue weighted by Gasteiger charge is 2.38. The van der Waals surface area contributed by atoms with Crippen LogP contribution >= 0.6 is 0 Å². The Morgan fingerprint density at radius 2 is 2.08 bits per heavy atom. The van der Waals surface area contributed by atoms with Crippen LogP contribution in [0.15, 0.2) is 11.6 Å². The first kappa shape index (κ1) is 20.4. The zero-order valence-electron chi connectivity index (χ0n) is 15.5. The SMILES string of the molecule is CCCC(=O)N[C@H]1CCCN([C@@H]2C=C(C(=O)O)C[C@H](N)[C@H]2NC(C)=O)C1. The maximum atomic E-state index is 11.9. The predicted octanol–water partition coefficient (Wildman–Crippen LogP) is -0.0176. The van der Waals surface area contributed by atoms with E-state index >= 15 is 0 Å². The molecule has 0 aromatic rings. The van der Waals surface area contributed by atoms with Crippen molar-refractivity contribution in [3.05, 3.63) is 11.6 Å². The van der Waals surface area contributed by atoms with Crippen LogP contribution in [0, 0.1) is 0 Å². The fraction of sp³-hybridized carbons (Fsp3) is 0.722. The van der Waals surface area contributed by atoms with E-state index in [9.17, 15) is 19.5 Å². The van der Waals surface area contributed by atoms with Crippen LogP contribution in [0.5, 0.6) is 0 Å². The van der Waals surface area contributed by atoms with Gasteiger partial charge >= 0.3 is 5.97 Å². The maximum absolute atomic E-state index is 11.9. The van der Waals surface area contributed by atoms with E-state index in [0.29, 0.717) is 13.0 Å². The average Bonchev–Trinajstić information content (AvgIpc) is 2.56. The third kappa shape index (κ3) is 5.28. The molecule has 4 atom stereocenters. The Bertz CT molecular complexity index is 578. The molecule has 8 heteroatoms. The molecule has 8 nitrogen and oxygen atoms in total. The molecule has 0 bridgehead atoms. The Labute approximate surface area is 154 Å². The fourth-order valence-electron chi connectivity index (χ4n) is 3.85. The molecule has 1 heterocycles. The second-order valence-corrected chi connectivity index (χ2v) is 7.23. The number of carbonyl (C=O) groups excluding carboxylic acids is 2. The zero-order valence-corrected chi connectivity index (χ0v) is 15.5. The number of hydrogen-bond donors (Lipinski definition) is 4. The van der Waals surface area contributed by atoms with Crippen molar-refractivity contribution < 1.29 is 19.5 Å². The summed E-state index contributed by atoms with van der Waals surface area (Å²) >= 11 is 0. The van der Waals surface area contributed by atoms with E-state index < -0.39 is 12.0 Å². The third-order valence-electron chi connectivity index (χ3n) is 5.02. The van der Waals surface area contributed by atoms with E-state index in [-0.39, 0.29) is 41.9 Å². The van der Waals surface area contributed by atoms with Gasteiger partial charge in [0, 0.05) is 37.5 Å². The number of nitrogens with zero attached hydrogens (tertiary/aromatic N) is 1. The lowest BCUT2D eigenvalue weighted by Crippen LogP contribution is -2.63. The molecule has 2 amide bonds. The van der Waals surface area contributed by atoms with Crippen LogP contribution in [-0.4, -0.2) is 65.0 Å². The highest BCUT2D eigenvalue weighted by Crippen LogP contribution is 2.25. The van der Waals surface area contributed by atoms with Gasteiger partial charge in [-0.25, -0.2) is 4.79 Å². The Balaban J connectivity index is 2.16. The van der Waals surface area contributed by atoms with Gasteiger partial charge in [0.05, 0.1) is 12.1 Å². The molecule has 5 N–H and O–H groups in total. The number of carboxylic acid groups (broad SMARTS) is 1. The summed E-state index contributed by atoms with van der Waals surface area (Å²) in [5.74, 6) is -1.12. The number of amides is 2. The molecule has 0 aromatic carbocycles. The summed E-state index contributed by atoms with van der Waals surface area (Å²) < 4.78 is 0. The normalized spacial score (nSPS) is 29.6. The Kier molecular flexibility index (Phi) is 7.16. The predicted molar refractivity (Wildman–Crippen MR) is 97.3 cm³/mol. The lowest BCUT2D eigenvalue weighted by atomic mass is 9.85. The molecule has 1 aliphatic carbocycles. The van der Waals surface area contributed by atoms with Crippen molar-refractivity contribution in [3.8, 4) is 0 Å². The van der Waals surface area contributed by atoms with Crippen molar-refractivity contribution in [2.45, 2.75) is 70.1 Å².